The van der Waals surface area contributed by atoms with Crippen molar-refractivity contribution in [3.8, 4) is 6.07 Å². The van der Waals surface area contributed by atoms with Crippen LogP contribution in [-0.2, 0) is 0 Å². The van der Waals surface area contributed by atoms with Gasteiger partial charge < -0.3 is 5.11 Å². The SMILES string of the molecule is C[C@]12CC[C@@H](O)C[C@@H]1CCC1C3CC[C@@H]4/C(=C/C#N)CCC[C@]34CCC12. The van der Waals surface area contributed by atoms with Gasteiger partial charge in [0.1, 0.15) is 0 Å². The van der Waals surface area contributed by atoms with Crippen LogP contribution in [0.5, 0.6) is 0 Å². The molecular weight excluding hydrogens is 318 g/mol. The summed E-state index contributed by atoms with van der Waals surface area (Å²) in [5, 5.41) is 19.5. The maximum Gasteiger partial charge on any atom is 0.0911 e. The minimum absolute atomic E-state index is 0.0348. The van der Waals surface area contributed by atoms with Gasteiger partial charge in [-0.3, -0.25) is 0 Å². The zero-order valence-electron chi connectivity index (χ0n) is 16.4. The van der Waals surface area contributed by atoms with E-state index in [1.54, 1.807) is 0 Å². The van der Waals surface area contributed by atoms with Crippen molar-refractivity contribution in [1.29, 1.82) is 5.26 Å². The van der Waals surface area contributed by atoms with E-state index in [1.165, 1.54) is 69.8 Å². The van der Waals surface area contributed by atoms with Gasteiger partial charge in [0.25, 0.3) is 0 Å². The van der Waals surface area contributed by atoms with E-state index in [9.17, 15) is 10.4 Å². The van der Waals surface area contributed by atoms with Crippen LogP contribution in [-0.4, -0.2) is 11.2 Å². The normalized spacial score (nSPS) is 54.6. The predicted octanol–water partition coefficient (Wildman–Crippen LogP) is 5.62. The van der Waals surface area contributed by atoms with Crippen LogP contribution in [0.1, 0.15) is 84.0 Å². The quantitative estimate of drug-likeness (QED) is 0.574. The number of nitrogens with zero attached hydrogens (tertiary/aromatic N) is 1. The Kier molecular flexibility index (Phi) is 4.06. The third-order valence-electron chi connectivity index (χ3n) is 10.2. The van der Waals surface area contributed by atoms with E-state index in [-0.39, 0.29) is 6.10 Å². The van der Waals surface area contributed by atoms with E-state index in [4.69, 9.17) is 0 Å². The van der Waals surface area contributed by atoms with Gasteiger partial charge in [0.15, 0.2) is 0 Å². The van der Waals surface area contributed by atoms with Crippen molar-refractivity contribution < 1.29 is 5.11 Å². The highest BCUT2D eigenvalue weighted by molar-refractivity contribution is 5.25. The van der Waals surface area contributed by atoms with Crippen LogP contribution < -0.4 is 0 Å². The summed E-state index contributed by atoms with van der Waals surface area (Å²) < 4.78 is 0. The molecule has 8 atom stereocenters. The van der Waals surface area contributed by atoms with E-state index >= 15 is 0 Å². The Morgan fingerprint density at radius 3 is 2.77 bits per heavy atom. The van der Waals surface area contributed by atoms with E-state index in [0.717, 1.165) is 42.4 Å². The molecule has 0 heterocycles. The first-order valence-electron chi connectivity index (χ1n) is 11.3. The van der Waals surface area contributed by atoms with Crippen LogP contribution in [0, 0.1) is 51.8 Å². The van der Waals surface area contributed by atoms with Crippen LogP contribution in [0.25, 0.3) is 0 Å². The average molecular weight is 354 g/mol. The molecule has 0 aromatic heterocycles. The van der Waals surface area contributed by atoms with Crippen LogP contribution in [0.4, 0.5) is 0 Å². The summed E-state index contributed by atoms with van der Waals surface area (Å²) in [5.41, 5.74) is 2.53. The first kappa shape index (κ1) is 17.3. The number of nitriles is 1. The zero-order chi connectivity index (χ0) is 17.9. The van der Waals surface area contributed by atoms with Gasteiger partial charge in [0, 0.05) is 6.08 Å². The van der Waals surface area contributed by atoms with Crippen molar-refractivity contribution in [2.24, 2.45) is 40.4 Å². The molecule has 0 radical (unpaired) electrons. The topological polar surface area (TPSA) is 44.0 Å². The van der Waals surface area contributed by atoms with Crippen molar-refractivity contribution in [3.05, 3.63) is 11.6 Å². The molecule has 5 rings (SSSR count). The van der Waals surface area contributed by atoms with Gasteiger partial charge in [-0.15, -0.1) is 0 Å². The van der Waals surface area contributed by atoms with E-state index in [2.05, 4.69) is 13.0 Å². The Balaban J connectivity index is 1.45. The zero-order valence-corrected chi connectivity index (χ0v) is 16.4. The summed E-state index contributed by atoms with van der Waals surface area (Å²) in [6.07, 6.45) is 17.5. The molecule has 2 heteroatoms. The van der Waals surface area contributed by atoms with Gasteiger partial charge in [0.05, 0.1) is 12.2 Å². The molecule has 5 saturated carbocycles. The molecule has 0 aromatic carbocycles. The van der Waals surface area contributed by atoms with Gasteiger partial charge in [-0.1, -0.05) is 12.5 Å². The molecule has 0 aromatic rings. The third-order valence-corrected chi connectivity index (χ3v) is 10.2. The highest BCUT2D eigenvalue weighted by Gasteiger charge is 2.62. The molecular formula is C24H35NO. The summed E-state index contributed by atoms with van der Waals surface area (Å²) in [4.78, 5) is 0. The lowest BCUT2D eigenvalue weighted by atomic mass is 9.43. The van der Waals surface area contributed by atoms with Crippen molar-refractivity contribution in [3.63, 3.8) is 0 Å². The lowest BCUT2D eigenvalue weighted by Gasteiger charge is -2.62. The number of fused-ring (bicyclic) bond motifs is 4. The van der Waals surface area contributed by atoms with Gasteiger partial charge in [-0.25, -0.2) is 0 Å². The second-order valence-corrected chi connectivity index (χ2v) is 10.7. The van der Waals surface area contributed by atoms with Crippen LogP contribution in [0.15, 0.2) is 11.6 Å². The van der Waals surface area contributed by atoms with E-state index in [0.29, 0.717) is 10.8 Å². The minimum Gasteiger partial charge on any atom is -0.393 e. The third kappa shape index (κ3) is 2.25. The Hall–Kier alpha value is -0.810. The lowest BCUT2D eigenvalue weighted by Crippen LogP contribution is -2.55. The van der Waals surface area contributed by atoms with Crippen LogP contribution in [0.3, 0.4) is 0 Å². The molecule has 5 fully saturated rings. The molecule has 0 amide bonds. The number of rotatable bonds is 0. The van der Waals surface area contributed by atoms with Crippen molar-refractivity contribution in [1.82, 2.24) is 0 Å². The van der Waals surface area contributed by atoms with Gasteiger partial charge >= 0.3 is 0 Å². The second kappa shape index (κ2) is 6.10. The smallest absolute Gasteiger partial charge is 0.0911 e. The van der Waals surface area contributed by atoms with Gasteiger partial charge in [-0.2, -0.15) is 5.26 Å². The predicted molar refractivity (Wildman–Crippen MR) is 103 cm³/mol. The highest BCUT2D eigenvalue weighted by Crippen LogP contribution is 2.70. The number of aliphatic hydroxyl groups excluding tert-OH is 1. The molecule has 0 bridgehead atoms. The molecule has 5 aliphatic carbocycles. The first-order valence-corrected chi connectivity index (χ1v) is 11.3. The molecule has 0 saturated heterocycles. The fourth-order valence-electron chi connectivity index (χ4n) is 9.14. The summed E-state index contributed by atoms with van der Waals surface area (Å²) in [7, 11) is 0. The molecule has 0 aliphatic heterocycles. The monoisotopic (exact) mass is 353 g/mol. The van der Waals surface area contributed by atoms with E-state index < -0.39 is 0 Å². The number of aliphatic hydroxyl groups is 1. The standard InChI is InChI=1S/C24H35NO/c1-23-12-8-18(26)15-17(23)4-5-19-21(23)9-13-24-11-2-3-16(10-14-25)20(24)6-7-22(19)24/h10,17-22,26H,2-9,11-13,15H2,1H3/b16-10+/t17-,18+,19?,20+,21?,22?,23-,24+/m0/s1. The van der Waals surface area contributed by atoms with Crippen molar-refractivity contribution >= 4 is 0 Å². The second-order valence-electron chi connectivity index (χ2n) is 10.7. The Morgan fingerprint density at radius 2 is 1.92 bits per heavy atom. The Labute approximate surface area is 159 Å². The molecule has 1 N–H and O–H groups in total. The highest BCUT2D eigenvalue weighted by atomic mass is 16.3. The van der Waals surface area contributed by atoms with E-state index in [1.807, 2.05) is 6.08 Å². The van der Waals surface area contributed by atoms with Gasteiger partial charge in [0.2, 0.25) is 0 Å². The maximum absolute atomic E-state index is 10.2. The fourth-order valence-corrected chi connectivity index (χ4v) is 9.14. The van der Waals surface area contributed by atoms with Crippen molar-refractivity contribution in [2.75, 3.05) is 0 Å². The minimum atomic E-state index is -0.0348. The van der Waals surface area contributed by atoms with Crippen LogP contribution in [0.2, 0.25) is 0 Å². The molecule has 2 nitrogen and oxygen atoms in total. The number of hydrogen-bond acceptors (Lipinski definition) is 2. The first-order chi connectivity index (χ1) is 12.6. The Morgan fingerprint density at radius 1 is 1.04 bits per heavy atom. The Bertz CT molecular complexity index is 647. The summed E-state index contributed by atoms with van der Waals surface area (Å²) in [6, 6.07) is 2.36. The lowest BCUT2D eigenvalue weighted by molar-refractivity contribution is -0.132. The summed E-state index contributed by atoms with van der Waals surface area (Å²) in [6.45, 7) is 2.59. The summed E-state index contributed by atoms with van der Waals surface area (Å²) in [5.74, 6) is 4.22. The largest absolute Gasteiger partial charge is 0.393 e. The van der Waals surface area contributed by atoms with Crippen LogP contribution >= 0.6 is 0 Å². The number of hydrogen-bond donors (Lipinski definition) is 1. The average Bonchev–Trinajstić information content (AvgIpc) is 3.03. The van der Waals surface area contributed by atoms with Gasteiger partial charge in [-0.05, 0) is 117 Å². The fraction of sp³-hybridized carbons (Fsp3) is 0.875. The summed E-state index contributed by atoms with van der Waals surface area (Å²) >= 11 is 0. The molecule has 26 heavy (non-hydrogen) atoms. The maximum atomic E-state index is 10.2. The molecule has 142 valence electrons. The molecule has 5 aliphatic rings. The molecule has 3 unspecified atom stereocenters. The molecule has 1 spiro atoms. The van der Waals surface area contributed by atoms with Crippen molar-refractivity contribution in [2.45, 2.75) is 90.1 Å². The number of allylic oxidation sites excluding steroid dienone is 2.